The van der Waals surface area contributed by atoms with Crippen molar-refractivity contribution in [3.63, 3.8) is 0 Å². The summed E-state index contributed by atoms with van der Waals surface area (Å²) in [5.41, 5.74) is 7.18. The molecular formula is C16H30N2S. The highest BCUT2D eigenvalue weighted by Gasteiger charge is 2.06. The minimum Gasteiger partial charge on any atom is -0.330 e. The number of aryl methyl sites for hydroxylation is 1. The Morgan fingerprint density at radius 1 is 1.26 bits per heavy atom. The van der Waals surface area contributed by atoms with Crippen molar-refractivity contribution in [3.8, 4) is 0 Å². The molecule has 1 atom stereocenters. The van der Waals surface area contributed by atoms with Gasteiger partial charge in [-0.3, -0.25) is 0 Å². The second-order valence-corrected chi connectivity index (χ2v) is 6.27. The summed E-state index contributed by atoms with van der Waals surface area (Å²) >= 11 is 1.88. The number of nitrogens with two attached hydrogens (primary N) is 1. The van der Waals surface area contributed by atoms with Crippen LogP contribution in [0.25, 0.3) is 0 Å². The van der Waals surface area contributed by atoms with E-state index in [2.05, 4.69) is 30.6 Å². The van der Waals surface area contributed by atoms with Gasteiger partial charge < -0.3 is 11.1 Å². The fraction of sp³-hybridized carbons (Fsp3) is 0.750. The van der Waals surface area contributed by atoms with E-state index in [1.165, 1.54) is 42.5 Å². The number of hydrogen-bond donors (Lipinski definition) is 2. The van der Waals surface area contributed by atoms with E-state index in [1.807, 2.05) is 11.3 Å². The molecule has 19 heavy (non-hydrogen) atoms. The maximum atomic E-state index is 5.67. The van der Waals surface area contributed by atoms with Gasteiger partial charge in [0, 0.05) is 11.4 Å². The van der Waals surface area contributed by atoms with Gasteiger partial charge >= 0.3 is 0 Å². The highest BCUT2D eigenvalue weighted by molar-refractivity contribution is 7.10. The van der Waals surface area contributed by atoms with Gasteiger partial charge in [-0.15, -0.1) is 11.3 Å². The second kappa shape index (κ2) is 10.4. The van der Waals surface area contributed by atoms with E-state index in [4.69, 9.17) is 5.73 Å². The van der Waals surface area contributed by atoms with Gasteiger partial charge in [0.05, 0.1) is 0 Å². The van der Waals surface area contributed by atoms with Gasteiger partial charge in [-0.1, -0.05) is 26.7 Å². The first kappa shape index (κ1) is 16.7. The number of nitrogens with one attached hydrogen (secondary N) is 1. The van der Waals surface area contributed by atoms with E-state index >= 15 is 0 Å². The van der Waals surface area contributed by atoms with Crippen LogP contribution in [0.5, 0.6) is 0 Å². The van der Waals surface area contributed by atoms with Crippen LogP contribution < -0.4 is 11.1 Å². The Bertz CT molecular complexity index is 316. The largest absolute Gasteiger partial charge is 0.330 e. The Morgan fingerprint density at radius 3 is 2.79 bits per heavy atom. The van der Waals surface area contributed by atoms with Crippen molar-refractivity contribution >= 4 is 11.3 Å². The van der Waals surface area contributed by atoms with E-state index in [0.29, 0.717) is 0 Å². The Morgan fingerprint density at radius 2 is 2.11 bits per heavy atom. The van der Waals surface area contributed by atoms with Crippen molar-refractivity contribution in [2.45, 2.75) is 58.9 Å². The molecule has 0 aliphatic heterocycles. The average molecular weight is 282 g/mol. The molecule has 0 spiro atoms. The molecule has 0 amide bonds. The summed E-state index contributed by atoms with van der Waals surface area (Å²) in [5.74, 6) is 0.838. The molecule has 1 rings (SSSR count). The minimum absolute atomic E-state index is 0.838. The summed E-state index contributed by atoms with van der Waals surface area (Å²) in [6.45, 7) is 7.51. The first-order valence-corrected chi connectivity index (χ1v) is 8.65. The number of rotatable bonds is 11. The maximum Gasteiger partial charge on any atom is 0.0302 e. The van der Waals surface area contributed by atoms with E-state index in [0.717, 1.165) is 32.0 Å². The molecule has 0 radical (unpaired) electrons. The molecule has 1 heterocycles. The first-order chi connectivity index (χ1) is 9.31. The fourth-order valence-electron chi connectivity index (χ4n) is 2.63. The van der Waals surface area contributed by atoms with Gasteiger partial charge in [0.1, 0.15) is 0 Å². The van der Waals surface area contributed by atoms with Crippen molar-refractivity contribution in [1.82, 2.24) is 5.32 Å². The third-order valence-electron chi connectivity index (χ3n) is 3.74. The summed E-state index contributed by atoms with van der Waals surface area (Å²) in [7, 11) is 0. The van der Waals surface area contributed by atoms with Gasteiger partial charge in [-0.05, 0) is 61.7 Å². The molecule has 0 aliphatic rings. The van der Waals surface area contributed by atoms with Gasteiger partial charge in [0.25, 0.3) is 0 Å². The topological polar surface area (TPSA) is 38.0 Å². The van der Waals surface area contributed by atoms with E-state index < -0.39 is 0 Å². The predicted octanol–water partition coefficient (Wildman–Crippen LogP) is 3.95. The van der Waals surface area contributed by atoms with Crippen LogP contribution in [0, 0.1) is 5.92 Å². The molecule has 110 valence electrons. The smallest absolute Gasteiger partial charge is 0.0302 e. The van der Waals surface area contributed by atoms with Gasteiger partial charge in [-0.2, -0.15) is 0 Å². The lowest BCUT2D eigenvalue weighted by molar-refractivity contribution is 0.404. The Hall–Kier alpha value is -0.380. The first-order valence-electron chi connectivity index (χ1n) is 7.77. The summed E-state index contributed by atoms with van der Waals surface area (Å²) in [6.07, 6.45) is 7.56. The molecule has 3 N–H and O–H groups in total. The van der Waals surface area contributed by atoms with Crippen LogP contribution in [0.3, 0.4) is 0 Å². The van der Waals surface area contributed by atoms with Gasteiger partial charge in [0.2, 0.25) is 0 Å². The summed E-state index contributed by atoms with van der Waals surface area (Å²) < 4.78 is 0. The van der Waals surface area contributed by atoms with Crippen molar-refractivity contribution in [2.24, 2.45) is 11.7 Å². The molecular weight excluding hydrogens is 252 g/mol. The Kier molecular flexibility index (Phi) is 9.14. The van der Waals surface area contributed by atoms with Crippen LogP contribution >= 0.6 is 11.3 Å². The molecule has 0 bridgehead atoms. The third-order valence-corrected chi connectivity index (χ3v) is 4.71. The molecule has 3 heteroatoms. The zero-order valence-electron chi connectivity index (χ0n) is 12.6. The predicted molar refractivity (Wildman–Crippen MR) is 86.7 cm³/mol. The van der Waals surface area contributed by atoms with Gasteiger partial charge in [0.15, 0.2) is 0 Å². The van der Waals surface area contributed by atoms with Crippen molar-refractivity contribution in [1.29, 1.82) is 0 Å². The van der Waals surface area contributed by atoms with E-state index in [-0.39, 0.29) is 0 Å². The highest BCUT2D eigenvalue weighted by Crippen LogP contribution is 2.18. The molecule has 0 aromatic carbocycles. The molecule has 2 nitrogen and oxygen atoms in total. The number of thiophene rings is 1. The molecule has 0 fully saturated rings. The fourth-order valence-corrected chi connectivity index (χ4v) is 3.58. The average Bonchev–Trinajstić information content (AvgIpc) is 2.86. The third kappa shape index (κ3) is 6.55. The lowest BCUT2D eigenvalue weighted by atomic mass is 9.94. The quantitative estimate of drug-likeness (QED) is 0.603. The summed E-state index contributed by atoms with van der Waals surface area (Å²) in [4.78, 5) is 1.51. The van der Waals surface area contributed by atoms with Crippen LogP contribution in [0.15, 0.2) is 11.4 Å². The highest BCUT2D eigenvalue weighted by atomic mass is 32.1. The van der Waals surface area contributed by atoms with E-state index in [9.17, 15) is 0 Å². The van der Waals surface area contributed by atoms with Crippen LogP contribution in [-0.2, 0) is 13.0 Å². The molecule has 1 aromatic heterocycles. The van der Waals surface area contributed by atoms with Crippen molar-refractivity contribution in [2.75, 3.05) is 13.1 Å². The zero-order chi connectivity index (χ0) is 13.9. The molecule has 1 aromatic rings. The second-order valence-electron chi connectivity index (χ2n) is 5.27. The molecule has 1 unspecified atom stereocenters. The van der Waals surface area contributed by atoms with Crippen LogP contribution in [0.1, 0.15) is 56.4 Å². The molecule has 0 aliphatic carbocycles. The standard InChI is InChI=1S/C16H30N2S/c1-3-6-14(8-10-17)7-5-11-18-13-16-15(4-2)9-12-19-16/h9,12,14,18H,3-8,10-11,13,17H2,1-2H3. The van der Waals surface area contributed by atoms with Crippen molar-refractivity contribution in [3.05, 3.63) is 21.9 Å². The van der Waals surface area contributed by atoms with E-state index in [1.54, 1.807) is 0 Å². The SMILES string of the molecule is CCCC(CCN)CCCNCc1sccc1CC. The molecule has 0 saturated carbocycles. The minimum atomic E-state index is 0.838. The monoisotopic (exact) mass is 282 g/mol. The van der Waals surface area contributed by atoms with Crippen LogP contribution in [0.4, 0.5) is 0 Å². The maximum absolute atomic E-state index is 5.67. The lowest BCUT2D eigenvalue weighted by Crippen LogP contribution is -2.16. The lowest BCUT2D eigenvalue weighted by Gasteiger charge is -2.15. The Labute approximate surface area is 122 Å². The molecule has 0 saturated heterocycles. The number of hydrogen-bond acceptors (Lipinski definition) is 3. The Balaban J connectivity index is 2.13. The van der Waals surface area contributed by atoms with Crippen molar-refractivity contribution < 1.29 is 0 Å². The van der Waals surface area contributed by atoms with Gasteiger partial charge in [-0.25, -0.2) is 0 Å². The van der Waals surface area contributed by atoms with Crippen LogP contribution in [-0.4, -0.2) is 13.1 Å². The normalized spacial score (nSPS) is 12.8. The zero-order valence-corrected chi connectivity index (χ0v) is 13.4. The summed E-state index contributed by atoms with van der Waals surface area (Å²) in [5, 5.41) is 5.78. The summed E-state index contributed by atoms with van der Waals surface area (Å²) in [6, 6.07) is 2.25. The van der Waals surface area contributed by atoms with Crippen LogP contribution in [0.2, 0.25) is 0 Å².